The summed E-state index contributed by atoms with van der Waals surface area (Å²) in [6, 6.07) is 4.01. The van der Waals surface area contributed by atoms with E-state index >= 15 is 0 Å². The Morgan fingerprint density at radius 3 is 2.84 bits per heavy atom. The van der Waals surface area contributed by atoms with Gasteiger partial charge in [0.25, 0.3) is 0 Å². The summed E-state index contributed by atoms with van der Waals surface area (Å²) in [6.45, 7) is 2.06. The van der Waals surface area contributed by atoms with Gasteiger partial charge in [-0.3, -0.25) is 19.8 Å². The lowest BCUT2D eigenvalue weighted by molar-refractivity contribution is -0.140. The molecule has 1 heterocycles. The maximum Gasteiger partial charge on any atom is 0.243 e. The molecule has 1 aliphatic rings. The molecule has 2 rings (SSSR count). The third-order valence-electron chi connectivity index (χ3n) is 3.26. The van der Waals surface area contributed by atoms with Crippen LogP contribution in [0.5, 0.6) is 0 Å². The highest BCUT2D eigenvalue weighted by atomic mass is 19.1. The van der Waals surface area contributed by atoms with Crippen LogP contribution < -0.4 is 11.1 Å². The molecule has 0 aromatic heterocycles. The van der Waals surface area contributed by atoms with E-state index in [0.717, 1.165) is 0 Å². The summed E-state index contributed by atoms with van der Waals surface area (Å²) in [7, 11) is 0. The number of carbonyl (C=O) groups is 2. The Hall–Kier alpha value is -1.95. The zero-order valence-corrected chi connectivity index (χ0v) is 10.6. The standard InChI is InChI=1S/C13H16FN3O2/c1-2-11-13(19)16-12(18)7-17(11)6-8-9(14)4-3-5-10(8)15/h3-5,11H,2,6-7,15H2,1H3,(H,16,18,19). The molecule has 0 saturated carbocycles. The number of nitrogens with zero attached hydrogens (tertiary/aromatic N) is 1. The summed E-state index contributed by atoms with van der Waals surface area (Å²) in [6.07, 6.45) is 0.549. The molecule has 5 nitrogen and oxygen atoms in total. The first kappa shape index (κ1) is 13.5. The molecule has 1 aliphatic heterocycles. The maximum atomic E-state index is 13.7. The van der Waals surface area contributed by atoms with E-state index in [2.05, 4.69) is 5.32 Å². The minimum Gasteiger partial charge on any atom is -0.398 e. The van der Waals surface area contributed by atoms with Crippen LogP contribution in [-0.4, -0.2) is 29.3 Å². The monoisotopic (exact) mass is 265 g/mol. The number of nitrogens with one attached hydrogen (secondary N) is 1. The predicted molar refractivity (Wildman–Crippen MR) is 68.5 cm³/mol. The molecule has 1 saturated heterocycles. The second-order valence-corrected chi connectivity index (χ2v) is 4.55. The van der Waals surface area contributed by atoms with Crippen LogP contribution in [0.3, 0.4) is 0 Å². The van der Waals surface area contributed by atoms with Crippen molar-refractivity contribution in [1.82, 2.24) is 10.2 Å². The van der Waals surface area contributed by atoms with Gasteiger partial charge in [0.05, 0.1) is 12.6 Å². The number of nitrogens with two attached hydrogens (primary N) is 1. The van der Waals surface area contributed by atoms with Crippen molar-refractivity contribution in [2.24, 2.45) is 0 Å². The van der Waals surface area contributed by atoms with E-state index in [4.69, 9.17) is 5.73 Å². The van der Waals surface area contributed by atoms with Crippen molar-refractivity contribution in [2.75, 3.05) is 12.3 Å². The first-order valence-corrected chi connectivity index (χ1v) is 6.13. The molecule has 0 bridgehead atoms. The van der Waals surface area contributed by atoms with Gasteiger partial charge in [0.1, 0.15) is 5.82 Å². The van der Waals surface area contributed by atoms with Gasteiger partial charge < -0.3 is 5.73 Å². The predicted octanol–water partition coefficient (Wildman–Crippen LogP) is 0.645. The number of amides is 2. The largest absolute Gasteiger partial charge is 0.398 e. The van der Waals surface area contributed by atoms with E-state index in [0.29, 0.717) is 17.7 Å². The van der Waals surface area contributed by atoms with Gasteiger partial charge in [0.15, 0.2) is 0 Å². The summed E-state index contributed by atoms with van der Waals surface area (Å²) in [5.41, 5.74) is 6.39. The summed E-state index contributed by atoms with van der Waals surface area (Å²) >= 11 is 0. The molecule has 0 spiro atoms. The van der Waals surface area contributed by atoms with Crippen LogP contribution in [0.1, 0.15) is 18.9 Å². The van der Waals surface area contributed by atoms with Gasteiger partial charge in [-0.1, -0.05) is 13.0 Å². The van der Waals surface area contributed by atoms with Gasteiger partial charge in [-0.25, -0.2) is 4.39 Å². The summed E-state index contributed by atoms with van der Waals surface area (Å²) < 4.78 is 13.7. The van der Waals surface area contributed by atoms with Crippen molar-refractivity contribution < 1.29 is 14.0 Å². The van der Waals surface area contributed by atoms with Crippen LogP contribution >= 0.6 is 0 Å². The normalized spacial score (nSPS) is 20.4. The third-order valence-corrected chi connectivity index (χ3v) is 3.26. The van der Waals surface area contributed by atoms with Crippen molar-refractivity contribution in [3.63, 3.8) is 0 Å². The molecule has 19 heavy (non-hydrogen) atoms. The lowest BCUT2D eigenvalue weighted by Crippen LogP contribution is -2.57. The van der Waals surface area contributed by atoms with E-state index < -0.39 is 11.9 Å². The second-order valence-electron chi connectivity index (χ2n) is 4.55. The number of rotatable bonds is 3. The lowest BCUT2D eigenvalue weighted by atomic mass is 10.1. The van der Waals surface area contributed by atoms with Crippen molar-refractivity contribution in [3.05, 3.63) is 29.6 Å². The molecule has 1 unspecified atom stereocenters. The van der Waals surface area contributed by atoms with Crippen molar-refractivity contribution in [2.45, 2.75) is 25.9 Å². The highest BCUT2D eigenvalue weighted by Crippen LogP contribution is 2.21. The van der Waals surface area contributed by atoms with Crippen molar-refractivity contribution >= 4 is 17.5 Å². The fraction of sp³-hybridized carbons (Fsp3) is 0.385. The van der Waals surface area contributed by atoms with E-state index in [1.165, 1.54) is 12.1 Å². The van der Waals surface area contributed by atoms with Gasteiger partial charge in [0.2, 0.25) is 11.8 Å². The van der Waals surface area contributed by atoms with E-state index in [1.807, 2.05) is 6.92 Å². The van der Waals surface area contributed by atoms with E-state index in [9.17, 15) is 14.0 Å². The molecule has 1 aromatic rings. The van der Waals surface area contributed by atoms with Crippen molar-refractivity contribution in [3.8, 4) is 0 Å². The second kappa shape index (κ2) is 5.36. The van der Waals surface area contributed by atoms with Gasteiger partial charge in [0, 0.05) is 17.8 Å². The number of benzene rings is 1. The molecule has 0 radical (unpaired) electrons. The highest BCUT2D eigenvalue weighted by molar-refractivity contribution is 6.01. The average molecular weight is 265 g/mol. The first-order chi connectivity index (χ1) is 9.02. The zero-order valence-electron chi connectivity index (χ0n) is 10.6. The Labute approximate surface area is 110 Å². The Bertz CT molecular complexity index is 498. The molecule has 1 fully saturated rings. The molecule has 0 aliphatic carbocycles. The fourth-order valence-corrected chi connectivity index (χ4v) is 2.28. The fourth-order valence-electron chi connectivity index (χ4n) is 2.28. The lowest BCUT2D eigenvalue weighted by Gasteiger charge is -2.33. The van der Waals surface area contributed by atoms with Crippen LogP contribution in [0.4, 0.5) is 10.1 Å². The Kier molecular flexibility index (Phi) is 3.80. The topological polar surface area (TPSA) is 75.4 Å². The third kappa shape index (κ3) is 2.73. The molecular formula is C13H16FN3O2. The zero-order chi connectivity index (χ0) is 14.0. The summed E-state index contributed by atoms with van der Waals surface area (Å²) in [5.74, 6) is -1.13. The number of halogens is 1. The number of nitrogen functional groups attached to an aromatic ring is 1. The number of hydrogen-bond acceptors (Lipinski definition) is 4. The van der Waals surface area contributed by atoms with E-state index in [1.54, 1.807) is 11.0 Å². The van der Waals surface area contributed by atoms with Crippen LogP contribution in [0.2, 0.25) is 0 Å². The molecule has 2 amide bonds. The smallest absolute Gasteiger partial charge is 0.243 e. The molecule has 102 valence electrons. The Morgan fingerprint density at radius 2 is 2.21 bits per heavy atom. The minimum atomic E-state index is -0.434. The molecule has 3 N–H and O–H groups in total. The SMILES string of the molecule is CCC1C(=O)NC(=O)CN1Cc1c(N)cccc1F. The Morgan fingerprint density at radius 1 is 1.47 bits per heavy atom. The number of imide groups is 1. The van der Waals surface area contributed by atoms with Gasteiger partial charge in [-0.05, 0) is 18.6 Å². The Balaban J connectivity index is 2.25. The van der Waals surface area contributed by atoms with Gasteiger partial charge in [-0.2, -0.15) is 0 Å². The van der Waals surface area contributed by atoms with Gasteiger partial charge >= 0.3 is 0 Å². The van der Waals surface area contributed by atoms with Gasteiger partial charge in [-0.15, -0.1) is 0 Å². The van der Waals surface area contributed by atoms with Crippen LogP contribution in [0, 0.1) is 5.82 Å². The van der Waals surface area contributed by atoms with Crippen molar-refractivity contribution in [1.29, 1.82) is 0 Å². The number of piperazine rings is 1. The van der Waals surface area contributed by atoms with Crippen LogP contribution in [0.15, 0.2) is 18.2 Å². The number of anilines is 1. The van der Waals surface area contributed by atoms with Crippen LogP contribution in [0.25, 0.3) is 0 Å². The molecule has 6 heteroatoms. The quantitative estimate of drug-likeness (QED) is 0.621. The summed E-state index contributed by atoms with van der Waals surface area (Å²) in [4.78, 5) is 24.8. The maximum absolute atomic E-state index is 13.7. The minimum absolute atomic E-state index is 0.0675. The van der Waals surface area contributed by atoms with E-state index in [-0.39, 0.29) is 24.9 Å². The number of hydrogen-bond donors (Lipinski definition) is 2. The highest BCUT2D eigenvalue weighted by Gasteiger charge is 2.32. The summed E-state index contributed by atoms with van der Waals surface area (Å²) in [5, 5.41) is 2.28. The van der Waals surface area contributed by atoms with Crippen LogP contribution in [-0.2, 0) is 16.1 Å². The molecule has 1 atom stereocenters. The number of carbonyl (C=O) groups excluding carboxylic acids is 2. The average Bonchev–Trinajstić information content (AvgIpc) is 2.33. The first-order valence-electron chi connectivity index (χ1n) is 6.13. The molecular weight excluding hydrogens is 249 g/mol. The molecule has 1 aromatic carbocycles.